The van der Waals surface area contributed by atoms with Crippen LogP contribution in [0, 0.1) is 11.3 Å². The largest absolute Gasteiger partial charge is 0.480 e. The van der Waals surface area contributed by atoms with E-state index in [-0.39, 0.29) is 12.1 Å². The van der Waals surface area contributed by atoms with Gasteiger partial charge < -0.3 is 5.11 Å². The van der Waals surface area contributed by atoms with Crippen molar-refractivity contribution < 1.29 is 9.90 Å². The fourth-order valence-electron chi connectivity index (χ4n) is 1.64. The molecule has 0 aliphatic carbocycles. The number of carbonyl (C=O) groups is 1. The first-order valence-electron chi connectivity index (χ1n) is 5.89. The maximum Gasteiger partial charge on any atom is 0.317 e. The molecule has 102 valence electrons. The van der Waals surface area contributed by atoms with Gasteiger partial charge in [-0.15, -0.1) is 0 Å². The van der Waals surface area contributed by atoms with Crippen molar-refractivity contribution in [2.45, 2.75) is 32.9 Å². The lowest BCUT2D eigenvalue weighted by atomic mass is 10.0. The van der Waals surface area contributed by atoms with Crippen molar-refractivity contribution in [2.75, 3.05) is 6.54 Å². The van der Waals surface area contributed by atoms with Gasteiger partial charge >= 0.3 is 5.97 Å². The molecule has 19 heavy (non-hydrogen) atoms. The molecule has 0 radical (unpaired) electrons. The summed E-state index contributed by atoms with van der Waals surface area (Å²) in [5.41, 5.74) is 1.03. The number of benzene rings is 1. The highest BCUT2D eigenvalue weighted by Gasteiger charge is 2.24. The summed E-state index contributed by atoms with van der Waals surface area (Å²) in [5, 5.41) is 18.2. The molecule has 0 unspecified atom stereocenters. The Morgan fingerprint density at radius 1 is 1.47 bits per heavy atom. The van der Waals surface area contributed by atoms with Gasteiger partial charge in [-0.05, 0) is 38.5 Å². The quantitative estimate of drug-likeness (QED) is 0.921. The van der Waals surface area contributed by atoms with Crippen molar-refractivity contribution in [1.29, 1.82) is 5.26 Å². The van der Waals surface area contributed by atoms with Crippen LogP contribution in [0.5, 0.6) is 0 Å². The van der Waals surface area contributed by atoms with E-state index < -0.39 is 5.97 Å². The molecule has 0 bridgehead atoms. The average Bonchev–Trinajstić information content (AvgIpc) is 2.28. The van der Waals surface area contributed by atoms with Gasteiger partial charge in [0.15, 0.2) is 0 Å². The molecule has 0 saturated carbocycles. The molecule has 0 amide bonds. The van der Waals surface area contributed by atoms with Crippen LogP contribution in [-0.2, 0) is 11.3 Å². The average molecular weight is 281 g/mol. The zero-order valence-corrected chi connectivity index (χ0v) is 12.0. The minimum absolute atomic E-state index is 0.0557. The number of hydrogen-bond acceptors (Lipinski definition) is 3. The predicted octanol–water partition coefficient (Wildman–Crippen LogP) is 2.90. The molecule has 0 aliphatic heterocycles. The van der Waals surface area contributed by atoms with E-state index in [1.165, 1.54) is 0 Å². The number of rotatable bonds is 4. The lowest BCUT2D eigenvalue weighted by Gasteiger charge is -2.34. The minimum atomic E-state index is -0.875. The van der Waals surface area contributed by atoms with E-state index >= 15 is 0 Å². The third-order valence-electron chi connectivity index (χ3n) is 2.82. The third kappa shape index (κ3) is 4.55. The highest BCUT2D eigenvalue weighted by atomic mass is 35.5. The van der Waals surface area contributed by atoms with Crippen LogP contribution in [0.2, 0.25) is 5.02 Å². The summed E-state index contributed by atoms with van der Waals surface area (Å²) in [5.74, 6) is -0.875. The Labute approximate surface area is 118 Å². The van der Waals surface area contributed by atoms with Gasteiger partial charge in [-0.25, -0.2) is 0 Å². The van der Waals surface area contributed by atoms with Crippen molar-refractivity contribution >= 4 is 17.6 Å². The van der Waals surface area contributed by atoms with Crippen molar-refractivity contribution in [2.24, 2.45) is 0 Å². The Bertz CT molecular complexity index is 515. The molecule has 0 heterocycles. The van der Waals surface area contributed by atoms with E-state index in [2.05, 4.69) is 0 Å². The number of nitriles is 1. The third-order valence-corrected chi connectivity index (χ3v) is 3.17. The van der Waals surface area contributed by atoms with E-state index in [4.69, 9.17) is 22.0 Å². The van der Waals surface area contributed by atoms with Crippen LogP contribution < -0.4 is 0 Å². The zero-order valence-electron chi connectivity index (χ0n) is 11.3. The molecule has 1 aromatic rings. The molecule has 1 rings (SSSR count). The van der Waals surface area contributed by atoms with Gasteiger partial charge in [0, 0.05) is 17.1 Å². The summed E-state index contributed by atoms with van der Waals surface area (Å²) in [4.78, 5) is 12.7. The van der Waals surface area contributed by atoms with Gasteiger partial charge in [0.2, 0.25) is 0 Å². The van der Waals surface area contributed by atoms with Crippen LogP contribution in [0.1, 0.15) is 31.9 Å². The maximum absolute atomic E-state index is 10.9. The summed E-state index contributed by atoms with van der Waals surface area (Å²) in [6, 6.07) is 7.06. The van der Waals surface area contributed by atoms with E-state index in [0.717, 1.165) is 5.56 Å². The van der Waals surface area contributed by atoms with Crippen LogP contribution in [0.3, 0.4) is 0 Å². The lowest BCUT2D eigenvalue weighted by Crippen LogP contribution is -2.43. The fraction of sp³-hybridized carbons (Fsp3) is 0.429. The molecule has 0 atom stereocenters. The lowest BCUT2D eigenvalue weighted by molar-refractivity contribution is -0.139. The second-order valence-electron chi connectivity index (χ2n) is 5.34. The Hall–Kier alpha value is -1.57. The van der Waals surface area contributed by atoms with Gasteiger partial charge in [0.1, 0.15) is 0 Å². The summed E-state index contributed by atoms with van der Waals surface area (Å²) < 4.78 is 0. The Morgan fingerprint density at radius 2 is 2.11 bits per heavy atom. The standard InChI is InChI=1S/C14H17ClN2O2/c1-14(2,3)17(9-13(18)19)8-11-5-4-10(7-16)6-12(11)15/h4-6H,8-9H2,1-3H3,(H,18,19). The van der Waals surface area contributed by atoms with Crippen molar-refractivity contribution in [3.05, 3.63) is 34.3 Å². The SMILES string of the molecule is CC(C)(C)N(CC(=O)O)Cc1ccc(C#N)cc1Cl. The molecule has 0 aliphatic rings. The molecule has 4 nitrogen and oxygen atoms in total. The highest BCUT2D eigenvalue weighted by Crippen LogP contribution is 2.23. The van der Waals surface area contributed by atoms with Crippen LogP contribution in [0.25, 0.3) is 0 Å². The molecular weight excluding hydrogens is 264 g/mol. The molecule has 1 aromatic carbocycles. The predicted molar refractivity (Wildman–Crippen MR) is 74.0 cm³/mol. The van der Waals surface area contributed by atoms with Crippen LogP contribution in [-0.4, -0.2) is 28.1 Å². The summed E-state index contributed by atoms with van der Waals surface area (Å²) in [6.45, 7) is 6.23. The Balaban J connectivity index is 2.97. The number of nitrogens with zero attached hydrogens (tertiary/aromatic N) is 2. The minimum Gasteiger partial charge on any atom is -0.480 e. The van der Waals surface area contributed by atoms with Gasteiger partial charge in [0.25, 0.3) is 0 Å². The zero-order chi connectivity index (χ0) is 14.6. The van der Waals surface area contributed by atoms with Gasteiger partial charge in [-0.1, -0.05) is 17.7 Å². The first kappa shape index (κ1) is 15.5. The molecule has 0 aromatic heterocycles. The van der Waals surface area contributed by atoms with Crippen molar-refractivity contribution in [1.82, 2.24) is 4.90 Å². The summed E-state index contributed by atoms with van der Waals surface area (Å²) in [6.07, 6.45) is 0. The fourth-order valence-corrected chi connectivity index (χ4v) is 1.88. The smallest absolute Gasteiger partial charge is 0.317 e. The number of hydrogen-bond donors (Lipinski definition) is 1. The second-order valence-corrected chi connectivity index (χ2v) is 5.75. The summed E-state index contributed by atoms with van der Waals surface area (Å²) in [7, 11) is 0. The van der Waals surface area contributed by atoms with Crippen LogP contribution in [0.15, 0.2) is 18.2 Å². The van der Waals surface area contributed by atoms with E-state index in [0.29, 0.717) is 17.1 Å². The highest BCUT2D eigenvalue weighted by molar-refractivity contribution is 6.31. The number of carboxylic acid groups (broad SMARTS) is 1. The van der Waals surface area contributed by atoms with Gasteiger partial charge in [0.05, 0.1) is 18.2 Å². The maximum atomic E-state index is 10.9. The monoisotopic (exact) mass is 280 g/mol. The summed E-state index contributed by atoms with van der Waals surface area (Å²) >= 11 is 6.11. The Kier molecular flexibility index (Phi) is 4.93. The first-order chi connectivity index (χ1) is 8.74. The van der Waals surface area contributed by atoms with Crippen molar-refractivity contribution in [3.63, 3.8) is 0 Å². The van der Waals surface area contributed by atoms with E-state index in [1.807, 2.05) is 31.7 Å². The van der Waals surface area contributed by atoms with Crippen LogP contribution >= 0.6 is 11.6 Å². The molecule has 5 heteroatoms. The normalized spacial score (nSPS) is 11.4. The molecule has 0 saturated heterocycles. The number of aliphatic carboxylic acids is 1. The van der Waals surface area contributed by atoms with E-state index in [9.17, 15) is 4.79 Å². The second kappa shape index (κ2) is 6.05. The molecule has 1 N–H and O–H groups in total. The molecule has 0 fully saturated rings. The number of carboxylic acids is 1. The molecular formula is C14H17ClN2O2. The van der Waals surface area contributed by atoms with Crippen LogP contribution in [0.4, 0.5) is 0 Å². The van der Waals surface area contributed by atoms with Gasteiger partial charge in [-0.3, -0.25) is 9.69 Å². The topological polar surface area (TPSA) is 64.3 Å². The Morgan fingerprint density at radius 3 is 2.53 bits per heavy atom. The van der Waals surface area contributed by atoms with Crippen molar-refractivity contribution in [3.8, 4) is 6.07 Å². The molecule has 0 spiro atoms. The van der Waals surface area contributed by atoms with E-state index in [1.54, 1.807) is 18.2 Å². The van der Waals surface area contributed by atoms with Gasteiger partial charge in [-0.2, -0.15) is 5.26 Å². The first-order valence-corrected chi connectivity index (χ1v) is 6.27. The number of halogens is 1.